The van der Waals surface area contributed by atoms with Crippen LogP contribution in [0.5, 0.6) is 11.5 Å². The molecule has 21 heavy (non-hydrogen) atoms. The van der Waals surface area contributed by atoms with Crippen molar-refractivity contribution in [1.29, 1.82) is 0 Å². The van der Waals surface area contributed by atoms with Crippen LogP contribution in [0.3, 0.4) is 0 Å². The van der Waals surface area contributed by atoms with Gasteiger partial charge >= 0.3 is 0 Å². The maximum atomic E-state index is 5.40. The second-order valence-corrected chi connectivity index (χ2v) is 5.24. The number of rotatable bonds is 6. The van der Waals surface area contributed by atoms with Crippen LogP contribution in [0.25, 0.3) is 0 Å². The average molecular weight is 283 g/mol. The van der Waals surface area contributed by atoms with Gasteiger partial charge in [0, 0.05) is 6.54 Å². The van der Waals surface area contributed by atoms with Gasteiger partial charge in [-0.1, -0.05) is 37.3 Å². The summed E-state index contributed by atoms with van der Waals surface area (Å²) in [6.45, 7) is 4.42. The van der Waals surface area contributed by atoms with E-state index < -0.39 is 0 Å². The highest BCUT2D eigenvalue weighted by atomic mass is 16.7. The van der Waals surface area contributed by atoms with Gasteiger partial charge in [0.25, 0.3) is 0 Å². The van der Waals surface area contributed by atoms with Gasteiger partial charge in [0.15, 0.2) is 11.5 Å². The van der Waals surface area contributed by atoms with Crippen molar-refractivity contribution >= 4 is 0 Å². The van der Waals surface area contributed by atoms with Crippen LogP contribution in [0.1, 0.15) is 23.6 Å². The van der Waals surface area contributed by atoms with Gasteiger partial charge < -0.3 is 14.8 Å². The molecule has 0 radical (unpaired) electrons. The summed E-state index contributed by atoms with van der Waals surface area (Å²) >= 11 is 0. The van der Waals surface area contributed by atoms with Gasteiger partial charge in [-0.2, -0.15) is 0 Å². The van der Waals surface area contributed by atoms with Crippen molar-refractivity contribution in [3.63, 3.8) is 0 Å². The molecule has 0 fully saturated rings. The van der Waals surface area contributed by atoms with Crippen LogP contribution in [0.15, 0.2) is 42.5 Å². The minimum absolute atomic E-state index is 0.338. The zero-order valence-corrected chi connectivity index (χ0v) is 12.4. The lowest BCUT2D eigenvalue weighted by Gasteiger charge is -2.09. The van der Waals surface area contributed by atoms with Crippen molar-refractivity contribution in [2.24, 2.45) is 0 Å². The van der Waals surface area contributed by atoms with Gasteiger partial charge in [0.2, 0.25) is 6.79 Å². The molecule has 3 rings (SSSR count). The fourth-order valence-electron chi connectivity index (χ4n) is 2.63. The predicted octanol–water partition coefficient (Wildman–Crippen LogP) is 3.31. The Bertz CT molecular complexity index is 610. The molecule has 0 saturated heterocycles. The fraction of sp³-hybridized carbons (Fsp3) is 0.333. The Morgan fingerprint density at radius 3 is 2.67 bits per heavy atom. The van der Waals surface area contributed by atoms with E-state index in [2.05, 4.69) is 48.6 Å². The van der Waals surface area contributed by atoms with Crippen LogP contribution in [-0.4, -0.2) is 13.3 Å². The first kappa shape index (κ1) is 14.0. The SMILES string of the molecule is CCc1ccccc1CNCCc1ccc2c(c1)OCO2. The van der Waals surface area contributed by atoms with Crippen molar-refractivity contribution in [2.75, 3.05) is 13.3 Å². The average Bonchev–Trinajstić information content (AvgIpc) is 2.99. The van der Waals surface area contributed by atoms with E-state index in [-0.39, 0.29) is 0 Å². The predicted molar refractivity (Wildman–Crippen MR) is 83.8 cm³/mol. The number of benzene rings is 2. The zero-order chi connectivity index (χ0) is 14.5. The number of nitrogens with one attached hydrogen (secondary N) is 1. The standard InChI is InChI=1S/C18H21NO2/c1-2-15-5-3-4-6-16(15)12-19-10-9-14-7-8-17-18(11-14)21-13-20-17/h3-8,11,19H,2,9-10,12-13H2,1H3. The Kier molecular flexibility index (Phi) is 4.41. The highest BCUT2D eigenvalue weighted by molar-refractivity contribution is 5.44. The fourth-order valence-corrected chi connectivity index (χ4v) is 2.63. The Morgan fingerprint density at radius 1 is 1.00 bits per heavy atom. The third-order valence-corrected chi connectivity index (χ3v) is 3.84. The van der Waals surface area contributed by atoms with E-state index in [1.165, 1.54) is 16.7 Å². The summed E-state index contributed by atoms with van der Waals surface area (Å²) in [5, 5.41) is 3.52. The van der Waals surface area contributed by atoms with Crippen molar-refractivity contribution in [2.45, 2.75) is 26.3 Å². The minimum Gasteiger partial charge on any atom is -0.454 e. The molecule has 0 unspecified atom stereocenters. The molecular weight excluding hydrogens is 262 g/mol. The molecule has 110 valence electrons. The van der Waals surface area contributed by atoms with Gasteiger partial charge in [0.05, 0.1) is 0 Å². The van der Waals surface area contributed by atoms with Gasteiger partial charge in [-0.3, -0.25) is 0 Å². The molecule has 0 atom stereocenters. The summed E-state index contributed by atoms with van der Waals surface area (Å²) in [7, 11) is 0. The van der Waals surface area contributed by atoms with Gasteiger partial charge in [-0.25, -0.2) is 0 Å². The summed E-state index contributed by atoms with van der Waals surface area (Å²) in [6, 6.07) is 14.8. The number of hydrogen-bond donors (Lipinski definition) is 1. The molecule has 0 bridgehead atoms. The van der Waals surface area contributed by atoms with Crippen LogP contribution in [0.2, 0.25) is 0 Å². The molecule has 0 spiro atoms. The van der Waals surface area contributed by atoms with E-state index >= 15 is 0 Å². The topological polar surface area (TPSA) is 30.5 Å². The van der Waals surface area contributed by atoms with E-state index in [1.54, 1.807) is 0 Å². The van der Waals surface area contributed by atoms with Crippen molar-refractivity contribution in [1.82, 2.24) is 5.32 Å². The molecule has 1 N–H and O–H groups in total. The molecule has 3 heteroatoms. The highest BCUT2D eigenvalue weighted by Crippen LogP contribution is 2.32. The van der Waals surface area contributed by atoms with Gasteiger partial charge in [-0.15, -0.1) is 0 Å². The molecule has 0 saturated carbocycles. The summed E-state index contributed by atoms with van der Waals surface area (Å²) < 4.78 is 10.7. The minimum atomic E-state index is 0.338. The molecular formula is C18H21NO2. The number of aryl methyl sites for hydroxylation is 1. The quantitative estimate of drug-likeness (QED) is 0.825. The second-order valence-electron chi connectivity index (χ2n) is 5.24. The van der Waals surface area contributed by atoms with E-state index in [0.29, 0.717) is 6.79 Å². The Hall–Kier alpha value is -2.00. The Balaban J connectivity index is 1.50. The smallest absolute Gasteiger partial charge is 0.231 e. The van der Waals surface area contributed by atoms with Crippen molar-refractivity contribution < 1.29 is 9.47 Å². The number of ether oxygens (including phenoxy) is 2. The van der Waals surface area contributed by atoms with E-state index in [9.17, 15) is 0 Å². The number of fused-ring (bicyclic) bond motifs is 1. The lowest BCUT2D eigenvalue weighted by atomic mass is 10.1. The molecule has 0 amide bonds. The second kappa shape index (κ2) is 6.64. The maximum Gasteiger partial charge on any atom is 0.231 e. The summed E-state index contributed by atoms with van der Waals surface area (Å²) in [4.78, 5) is 0. The van der Waals surface area contributed by atoms with E-state index in [0.717, 1.165) is 37.4 Å². The van der Waals surface area contributed by atoms with Crippen LogP contribution in [0, 0.1) is 0 Å². The molecule has 0 aliphatic carbocycles. The maximum absolute atomic E-state index is 5.40. The van der Waals surface area contributed by atoms with Crippen molar-refractivity contribution in [3.05, 3.63) is 59.2 Å². The number of hydrogen-bond acceptors (Lipinski definition) is 3. The van der Waals surface area contributed by atoms with E-state index in [4.69, 9.17) is 9.47 Å². The van der Waals surface area contributed by atoms with Crippen LogP contribution < -0.4 is 14.8 Å². The first-order chi connectivity index (χ1) is 10.4. The molecule has 0 aromatic heterocycles. The normalized spacial score (nSPS) is 12.6. The summed E-state index contributed by atoms with van der Waals surface area (Å²) in [5.74, 6) is 1.72. The molecule has 1 aliphatic heterocycles. The van der Waals surface area contributed by atoms with E-state index in [1.807, 2.05) is 6.07 Å². The largest absolute Gasteiger partial charge is 0.454 e. The lowest BCUT2D eigenvalue weighted by molar-refractivity contribution is 0.174. The first-order valence-corrected chi connectivity index (χ1v) is 7.53. The van der Waals surface area contributed by atoms with Gasteiger partial charge in [0.1, 0.15) is 0 Å². The van der Waals surface area contributed by atoms with Crippen molar-refractivity contribution in [3.8, 4) is 11.5 Å². The molecule has 2 aromatic rings. The monoisotopic (exact) mass is 283 g/mol. The van der Waals surface area contributed by atoms with Crippen LogP contribution in [0.4, 0.5) is 0 Å². The highest BCUT2D eigenvalue weighted by Gasteiger charge is 2.12. The third-order valence-electron chi connectivity index (χ3n) is 3.84. The molecule has 3 nitrogen and oxygen atoms in total. The molecule has 2 aromatic carbocycles. The molecule has 1 heterocycles. The summed E-state index contributed by atoms with van der Waals surface area (Å²) in [6.07, 6.45) is 2.07. The Labute approximate surface area is 125 Å². The summed E-state index contributed by atoms with van der Waals surface area (Å²) in [5.41, 5.74) is 4.09. The van der Waals surface area contributed by atoms with Crippen LogP contribution in [-0.2, 0) is 19.4 Å². The first-order valence-electron chi connectivity index (χ1n) is 7.53. The Morgan fingerprint density at radius 2 is 1.81 bits per heavy atom. The van der Waals surface area contributed by atoms with Gasteiger partial charge in [-0.05, 0) is 48.2 Å². The third kappa shape index (κ3) is 3.37. The lowest BCUT2D eigenvalue weighted by Crippen LogP contribution is -2.17. The van der Waals surface area contributed by atoms with Crippen LogP contribution >= 0.6 is 0 Å². The zero-order valence-electron chi connectivity index (χ0n) is 12.4. The molecule has 1 aliphatic rings.